The molecule has 0 aliphatic carbocycles. The normalized spacial score (nSPS) is 13.4. The van der Waals surface area contributed by atoms with E-state index in [1.165, 1.54) is 0 Å². The predicted molar refractivity (Wildman–Crippen MR) is 102 cm³/mol. The monoisotopic (exact) mass is 347 g/mol. The Morgan fingerprint density at radius 1 is 1.21 bits per heavy atom. The molecule has 0 saturated carbocycles. The van der Waals surface area contributed by atoms with Gasteiger partial charge in [0.05, 0.1) is 23.6 Å². The summed E-state index contributed by atoms with van der Waals surface area (Å²) in [6, 6.07) is 5.94. The second-order valence-electron chi connectivity index (χ2n) is 6.26. The van der Waals surface area contributed by atoms with Crippen molar-refractivity contribution in [2.24, 2.45) is 0 Å². The van der Waals surface area contributed by atoms with Crippen molar-refractivity contribution in [2.45, 2.75) is 53.2 Å². The summed E-state index contributed by atoms with van der Waals surface area (Å²) >= 11 is 6.10. The molecule has 2 atom stereocenters. The van der Waals surface area contributed by atoms with Crippen LogP contribution in [0.5, 0.6) is 5.75 Å². The van der Waals surface area contributed by atoms with Crippen molar-refractivity contribution in [3.63, 3.8) is 0 Å². The quantitative estimate of drug-likeness (QED) is 0.780. The van der Waals surface area contributed by atoms with Crippen LogP contribution in [0, 0.1) is 20.8 Å². The Hall–Kier alpha value is -1.94. The number of anilines is 2. The Balaban J connectivity index is 2.17. The van der Waals surface area contributed by atoms with Crippen LogP contribution in [0.4, 0.5) is 11.4 Å². The average Bonchev–Trinajstić information content (AvgIpc) is 2.51. The van der Waals surface area contributed by atoms with Crippen LogP contribution < -0.4 is 15.8 Å². The first-order chi connectivity index (χ1) is 11.3. The molecule has 0 aliphatic heterocycles. The van der Waals surface area contributed by atoms with E-state index >= 15 is 0 Å². The number of nitrogen functional groups attached to an aromatic ring is 1. The van der Waals surface area contributed by atoms with Crippen molar-refractivity contribution < 1.29 is 4.74 Å². The molecule has 5 heteroatoms. The third kappa shape index (κ3) is 4.32. The molecule has 0 radical (unpaired) electrons. The number of nitrogens with one attached hydrogen (secondary N) is 1. The van der Waals surface area contributed by atoms with E-state index in [0.717, 1.165) is 39.7 Å². The van der Waals surface area contributed by atoms with Gasteiger partial charge in [0.15, 0.2) is 0 Å². The molecule has 0 fully saturated rings. The van der Waals surface area contributed by atoms with Gasteiger partial charge in [0.1, 0.15) is 11.9 Å². The fourth-order valence-corrected chi connectivity index (χ4v) is 3.13. The lowest BCUT2D eigenvalue weighted by Crippen LogP contribution is -2.35. The number of aromatic nitrogens is 1. The van der Waals surface area contributed by atoms with E-state index in [-0.39, 0.29) is 12.1 Å². The van der Waals surface area contributed by atoms with Crippen LogP contribution in [-0.4, -0.2) is 17.1 Å². The van der Waals surface area contributed by atoms with Crippen LogP contribution >= 0.6 is 11.6 Å². The molecule has 4 nitrogen and oxygen atoms in total. The second-order valence-corrected chi connectivity index (χ2v) is 6.70. The molecule has 0 amide bonds. The summed E-state index contributed by atoms with van der Waals surface area (Å²) in [6.45, 7) is 10.2. The Bertz CT molecular complexity index is 695. The lowest BCUT2D eigenvalue weighted by molar-refractivity contribution is 0.193. The first kappa shape index (κ1) is 18.4. The van der Waals surface area contributed by atoms with E-state index in [4.69, 9.17) is 22.1 Å². The van der Waals surface area contributed by atoms with Crippen molar-refractivity contribution in [3.05, 3.63) is 46.2 Å². The SMILES string of the molecule is CCC(Nc1cc(C)ncc1N)C(C)Oc1c(C)cc(Cl)cc1C. The summed E-state index contributed by atoms with van der Waals surface area (Å²) in [7, 11) is 0. The fraction of sp³-hybridized carbons (Fsp3) is 0.421. The molecule has 0 bridgehead atoms. The standard InChI is InChI=1S/C19H26ClN3O/c1-6-17(23-18-9-13(4)22-10-16(18)21)14(5)24-19-11(2)7-15(20)8-12(19)3/h7-10,14,17H,6,21H2,1-5H3,(H,22,23). The Labute approximate surface area is 149 Å². The number of benzene rings is 1. The predicted octanol–water partition coefficient (Wildman–Crippen LogP) is 4.90. The molecule has 24 heavy (non-hydrogen) atoms. The van der Waals surface area contributed by atoms with Gasteiger partial charge in [0, 0.05) is 10.7 Å². The van der Waals surface area contributed by atoms with E-state index in [1.807, 2.05) is 39.0 Å². The van der Waals surface area contributed by atoms with Crippen LogP contribution in [0.15, 0.2) is 24.4 Å². The van der Waals surface area contributed by atoms with Gasteiger partial charge in [-0.3, -0.25) is 4.98 Å². The van der Waals surface area contributed by atoms with Crippen molar-refractivity contribution in [1.82, 2.24) is 4.98 Å². The smallest absolute Gasteiger partial charge is 0.125 e. The highest BCUT2D eigenvalue weighted by molar-refractivity contribution is 6.30. The van der Waals surface area contributed by atoms with Crippen LogP contribution in [0.3, 0.4) is 0 Å². The zero-order chi connectivity index (χ0) is 17.9. The van der Waals surface area contributed by atoms with Gasteiger partial charge in [0.2, 0.25) is 0 Å². The minimum atomic E-state index is -0.0264. The van der Waals surface area contributed by atoms with E-state index in [1.54, 1.807) is 6.20 Å². The number of halogens is 1. The van der Waals surface area contributed by atoms with Crippen LogP contribution in [0.25, 0.3) is 0 Å². The van der Waals surface area contributed by atoms with Gasteiger partial charge in [-0.1, -0.05) is 18.5 Å². The zero-order valence-corrected chi connectivity index (χ0v) is 15.7. The minimum Gasteiger partial charge on any atom is -0.488 e. The fourth-order valence-electron chi connectivity index (χ4n) is 2.80. The number of rotatable bonds is 6. The average molecular weight is 348 g/mol. The number of hydrogen-bond donors (Lipinski definition) is 2. The number of nitrogens with zero attached hydrogens (tertiary/aromatic N) is 1. The van der Waals surface area contributed by atoms with E-state index in [2.05, 4.69) is 24.1 Å². The molecule has 130 valence electrons. The zero-order valence-electron chi connectivity index (χ0n) is 15.0. The summed E-state index contributed by atoms with van der Waals surface area (Å²) in [6.07, 6.45) is 2.57. The number of ether oxygens (including phenoxy) is 1. The molecular weight excluding hydrogens is 322 g/mol. The number of aryl methyl sites for hydroxylation is 3. The largest absolute Gasteiger partial charge is 0.488 e. The van der Waals surface area contributed by atoms with Crippen molar-refractivity contribution in [1.29, 1.82) is 0 Å². The second kappa shape index (κ2) is 7.75. The molecule has 1 aromatic carbocycles. The summed E-state index contributed by atoms with van der Waals surface area (Å²) in [5.74, 6) is 0.894. The maximum atomic E-state index is 6.25. The first-order valence-electron chi connectivity index (χ1n) is 8.23. The summed E-state index contributed by atoms with van der Waals surface area (Å²) in [5, 5.41) is 4.22. The van der Waals surface area contributed by atoms with Gasteiger partial charge in [-0.15, -0.1) is 0 Å². The first-order valence-corrected chi connectivity index (χ1v) is 8.61. The molecule has 3 N–H and O–H groups in total. The van der Waals surface area contributed by atoms with Crippen LogP contribution in [0.1, 0.15) is 37.1 Å². The van der Waals surface area contributed by atoms with Crippen molar-refractivity contribution >= 4 is 23.0 Å². The number of pyridine rings is 1. The molecular formula is C19H26ClN3O. The van der Waals surface area contributed by atoms with Gasteiger partial charge < -0.3 is 15.8 Å². The van der Waals surface area contributed by atoms with Crippen LogP contribution in [0.2, 0.25) is 5.02 Å². The van der Waals surface area contributed by atoms with Gasteiger partial charge in [-0.2, -0.15) is 0 Å². The Morgan fingerprint density at radius 2 is 1.83 bits per heavy atom. The topological polar surface area (TPSA) is 60.2 Å². The van der Waals surface area contributed by atoms with Crippen molar-refractivity contribution in [3.8, 4) is 5.75 Å². The summed E-state index contributed by atoms with van der Waals surface area (Å²) < 4.78 is 6.25. The van der Waals surface area contributed by atoms with E-state index in [0.29, 0.717) is 5.69 Å². The third-order valence-electron chi connectivity index (χ3n) is 4.15. The molecule has 0 saturated heterocycles. The minimum absolute atomic E-state index is 0.0264. The molecule has 1 heterocycles. The Morgan fingerprint density at radius 3 is 2.42 bits per heavy atom. The number of nitrogens with two attached hydrogens (primary N) is 1. The molecule has 2 rings (SSSR count). The van der Waals surface area contributed by atoms with Gasteiger partial charge in [-0.05, 0) is 63.4 Å². The maximum absolute atomic E-state index is 6.25. The summed E-state index contributed by atoms with van der Waals surface area (Å²) in [5.41, 5.74) is 10.6. The highest BCUT2D eigenvalue weighted by Crippen LogP contribution is 2.29. The molecule has 2 unspecified atom stereocenters. The van der Waals surface area contributed by atoms with E-state index in [9.17, 15) is 0 Å². The Kier molecular flexibility index (Phi) is 5.94. The highest BCUT2D eigenvalue weighted by Gasteiger charge is 2.20. The van der Waals surface area contributed by atoms with Crippen LogP contribution in [-0.2, 0) is 0 Å². The third-order valence-corrected chi connectivity index (χ3v) is 4.37. The van der Waals surface area contributed by atoms with Gasteiger partial charge in [0.25, 0.3) is 0 Å². The highest BCUT2D eigenvalue weighted by atomic mass is 35.5. The molecule has 2 aromatic rings. The van der Waals surface area contributed by atoms with Gasteiger partial charge in [-0.25, -0.2) is 0 Å². The lowest BCUT2D eigenvalue weighted by atomic mass is 10.1. The maximum Gasteiger partial charge on any atom is 0.125 e. The van der Waals surface area contributed by atoms with Crippen molar-refractivity contribution in [2.75, 3.05) is 11.1 Å². The molecule has 0 aliphatic rings. The van der Waals surface area contributed by atoms with E-state index < -0.39 is 0 Å². The van der Waals surface area contributed by atoms with Gasteiger partial charge >= 0.3 is 0 Å². The molecule has 1 aromatic heterocycles. The number of hydrogen-bond acceptors (Lipinski definition) is 4. The summed E-state index contributed by atoms with van der Waals surface area (Å²) in [4.78, 5) is 4.21. The molecule has 0 spiro atoms. The lowest BCUT2D eigenvalue weighted by Gasteiger charge is -2.28.